The minimum atomic E-state index is -0.526. The molecule has 4 heteroatoms. The van der Waals surface area contributed by atoms with Gasteiger partial charge in [0.25, 0.3) is 0 Å². The summed E-state index contributed by atoms with van der Waals surface area (Å²) in [6, 6.07) is 26.4. The Morgan fingerprint density at radius 1 is 0.640 bits per heavy atom. The summed E-state index contributed by atoms with van der Waals surface area (Å²) in [7, 11) is 11.2. The smallest absolute Gasteiger partial charge is 0.118 e. The minimum absolute atomic E-state index is 0.526. The van der Waals surface area contributed by atoms with E-state index in [2.05, 4.69) is 36.4 Å². The van der Waals surface area contributed by atoms with Gasteiger partial charge in [0.2, 0.25) is 0 Å². The van der Waals surface area contributed by atoms with Crippen molar-refractivity contribution in [2.75, 3.05) is 14.2 Å². The Balaban J connectivity index is 2.21. The highest BCUT2D eigenvalue weighted by molar-refractivity contribution is 8.22. The standard InChI is InChI=1S/C21H19ClO2S/c1-23-19-12-8-17(9-13-19)21(25-22,16-6-4-3-5-7-16)18-10-14-20(24-2)15-11-18/h3-15H,1-2H3. The Labute approximate surface area is 157 Å². The minimum Gasteiger partial charge on any atom is -0.497 e. The summed E-state index contributed by atoms with van der Waals surface area (Å²) in [4.78, 5) is 0. The van der Waals surface area contributed by atoms with Crippen LogP contribution in [0.5, 0.6) is 11.5 Å². The molecule has 0 saturated carbocycles. The van der Waals surface area contributed by atoms with Crippen molar-refractivity contribution in [3.05, 3.63) is 95.6 Å². The Morgan fingerprint density at radius 3 is 1.40 bits per heavy atom. The molecular formula is C21H19ClO2S. The van der Waals surface area contributed by atoms with Gasteiger partial charge in [0.1, 0.15) is 16.2 Å². The molecule has 0 amide bonds. The highest BCUT2D eigenvalue weighted by atomic mass is 35.7. The Kier molecular flexibility index (Phi) is 5.57. The van der Waals surface area contributed by atoms with Crippen LogP contribution in [0.25, 0.3) is 0 Å². The zero-order chi connectivity index (χ0) is 17.7. The van der Waals surface area contributed by atoms with Crippen molar-refractivity contribution in [1.82, 2.24) is 0 Å². The summed E-state index contributed by atoms with van der Waals surface area (Å²) < 4.78 is 10.1. The van der Waals surface area contributed by atoms with Crippen LogP contribution in [0, 0.1) is 0 Å². The van der Waals surface area contributed by atoms with Crippen LogP contribution < -0.4 is 9.47 Å². The predicted octanol–water partition coefficient (Wildman–Crippen LogP) is 5.88. The normalized spacial score (nSPS) is 11.2. The van der Waals surface area contributed by atoms with E-state index >= 15 is 0 Å². The maximum Gasteiger partial charge on any atom is 0.118 e. The molecule has 0 N–H and O–H groups in total. The van der Waals surface area contributed by atoms with Crippen LogP contribution in [0.3, 0.4) is 0 Å². The fourth-order valence-electron chi connectivity index (χ4n) is 2.96. The molecule has 128 valence electrons. The van der Waals surface area contributed by atoms with Gasteiger partial charge in [-0.3, -0.25) is 0 Å². The van der Waals surface area contributed by atoms with Gasteiger partial charge in [0.05, 0.1) is 14.2 Å². The van der Waals surface area contributed by atoms with E-state index < -0.39 is 4.75 Å². The molecule has 0 saturated heterocycles. The van der Waals surface area contributed by atoms with E-state index in [0.717, 1.165) is 28.2 Å². The van der Waals surface area contributed by atoms with Crippen LogP contribution >= 0.6 is 21.7 Å². The third kappa shape index (κ3) is 3.35. The molecule has 25 heavy (non-hydrogen) atoms. The van der Waals surface area contributed by atoms with E-state index in [1.54, 1.807) is 14.2 Å². The maximum absolute atomic E-state index is 6.53. The molecule has 0 atom stereocenters. The van der Waals surface area contributed by atoms with Crippen molar-refractivity contribution in [3.63, 3.8) is 0 Å². The van der Waals surface area contributed by atoms with Gasteiger partial charge < -0.3 is 9.47 Å². The second kappa shape index (κ2) is 7.85. The first-order valence-corrected chi connectivity index (χ1v) is 9.53. The lowest BCUT2D eigenvalue weighted by atomic mass is 9.84. The fraction of sp³-hybridized carbons (Fsp3) is 0.143. The Hall–Kier alpha value is -2.10. The van der Waals surface area contributed by atoms with Crippen molar-refractivity contribution in [3.8, 4) is 11.5 Å². The number of ether oxygens (including phenoxy) is 2. The third-order valence-electron chi connectivity index (χ3n) is 4.29. The van der Waals surface area contributed by atoms with E-state index in [4.69, 9.17) is 20.2 Å². The van der Waals surface area contributed by atoms with Gasteiger partial charge >= 0.3 is 0 Å². The topological polar surface area (TPSA) is 18.5 Å². The van der Waals surface area contributed by atoms with Gasteiger partial charge in [-0.25, -0.2) is 0 Å². The molecule has 0 heterocycles. The molecule has 0 radical (unpaired) electrons. The summed E-state index contributed by atoms with van der Waals surface area (Å²) in [5.41, 5.74) is 3.29. The molecule has 3 rings (SSSR count). The zero-order valence-electron chi connectivity index (χ0n) is 14.1. The predicted molar refractivity (Wildman–Crippen MR) is 106 cm³/mol. The zero-order valence-corrected chi connectivity index (χ0v) is 15.7. The number of methoxy groups -OCH3 is 2. The van der Waals surface area contributed by atoms with Crippen molar-refractivity contribution in [1.29, 1.82) is 0 Å². The van der Waals surface area contributed by atoms with Crippen LogP contribution in [0.2, 0.25) is 0 Å². The van der Waals surface area contributed by atoms with E-state index in [1.807, 2.05) is 42.5 Å². The molecule has 3 aromatic rings. The summed E-state index contributed by atoms with van der Waals surface area (Å²) in [5, 5.41) is 0. The van der Waals surface area contributed by atoms with Gasteiger partial charge in [-0.15, -0.1) is 0 Å². The molecule has 0 spiro atoms. The van der Waals surface area contributed by atoms with Gasteiger partial charge in [0, 0.05) is 0 Å². The molecule has 0 aliphatic carbocycles. The van der Waals surface area contributed by atoms with Crippen molar-refractivity contribution in [2.45, 2.75) is 4.75 Å². The van der Waals surface area contributed by atoms with Gasteiger partial charge in [0.15, 0.2) is 0 Å². The first-order chi connectivity index (χ1) is 12.2. The maximum atomic E-state index is 6.53. The number of hydrogen-bond acceptors (Lipinski definition) is 3. The molecule has 0 unspecified atom stereocenters. The van der Waals surface area contributed by atoms with Gasteiger partial charge in [-0.1, -0.05) is 54.6 Å². The molecule has 0 aromatic heterocycles. The SMILES string of the molecule is COc1ccc(C(SCl)(c2ccccc2)c2ccc(OC)cc2)cc1. The summed E-state index contributed by atoms with van der Waals surface area (Å²) in [6.45, 7) is 0. The second-order valence-electron chi connectivity index (χ2n) is 5.58. The second-order valence-corrected chi connectivity index (χ2v) is 6.81. The van der Waals surface area contributed by atoms with Crippen LogP contribution in [0.4, 0.5) is 0 Å². The summed E-state index contributed by atoms with van der Waals surface area (Å²) >= 11 is 0. The molecule has 0 aliphatic rings. The number of rotatable bonds is 6. The first-order valence-electron chi connectivity index (χ1n) is 7.89. The van der Waals surface area contributed by atoms with Crippen LogP contribution in [0.1, 0.15) is 16.7 Å². The number of halogens is 1. The molecule has 2 nitrogen and oxygen atoms in total. The molecule has 3 aromatic carbocycles. The largest absolute Gasteiger partial charge is 0.497 e. The van der Waals surface area contributed by atoms with Crippen molar-refractivity contribution >= 4 is 21.7 Å². The quantitative estimate of drug-likeness (QED) is 0.504. The van der Waals surface area contributed by atoms with Crippen LogP contribution in [0.15, 0.2) is 78.9 Å². The first kappa shape index (κ1) is 17.7. The van der Waals surface area contributed by atoms with Crippen LogP contribution in [-0.4, -0.2) is 14.2 Å². The monoisotopic (exact) mass is 370 g/mol. The lowest BCUT2D eigenvalue weighted by Crippen LogP contribution is -2.24. The van der Waals surface area contributed by atoms with Gasteiger partial charge in [-0.2, -0.15) is 0 Å². The fourth-order valence-corrected chi connectivity index (χ4v) is 4.44. The average molecular weight is 371 g/mol. The summed E-state index contributed by atoms with van der Waals surface area (Å²) in [5.74, 6) is 1.64. The number of hydrogen-bond donors (Lipinski definition) is 0. The highest BCUT2D eigenvalue weighted by Crippen LogP contribution is 2.50. The van der Waals surface area contributed by atoms with Crippen molar-refractivity contribution in [2.24, 2.45) is 0 Å². The Morgan fingerprint density at radius 2 is 1.04 bits per heavy atom. The van der Waals surface area contributed by atoms with Gasteiger partial charge in [-0.05, 0) is 62.6 Å². The van der Waals surface area contributed by atoms with Crippen molar-refractivity contribution < 1.29 is 9.47 Å². The highest BCUT2D eigenvalue weighted by Gasteiger charge is 2.37. The van der Waals surface area contributed by atoms with E-state index in [-0.39, 0.29) is 0 Å². The number of benzene rings is 3. The molecular weight excluding hydrogens is 352 g/mol. The molecule has 0 fully saturated rings. The third-order valence-corrected chi connectivity index (χ3v) is 5.92. The van der Waals surface area contributed by atoms with E-state index in [9.17, 15) is 0 Å². The average Bonchev–Trinajstić information content (AvgIpc) is 2.71. The summed E-state index contributed by atoms with van der Waals surface area (Å²) in [6.07, 6.45) is 0. The Bertz CT molecular complexity index is 754. The molecule has 0 aliphatic heterocycles. The lowest BCUT2D eigenvalue weighted by molar-refractivity contribution is 0.414. The van der Waals surface area contributed by atoms with E-state index in [0.29, 0.717) is 0 Å². The lowest BCUT2D eigenvalue weighted by Gasteiger charge is -2.33. The van der Waals surface area contributed by atoms with Crippen LogP contribution in [-0.2, 0) is 4.75 Å². The molecule has 0 bridgehead atoms. The van der Waals surface area contributed by atoms with E-state index in [1.165, 1.54) is 11.0 Å².